The Morgan fingerprint density at radius 3 is 1.27 bits per heavy atom. The third-order valence-corrected chi connectivity index (χ3v) is 1.67. The maximum atomic E-state index is 8.88. The molecule has 0 saturated heterocycles. The lowest BCUT2D eigenvalue weighted by Crippen LogP contribution is -2.38. The summed E-state index contributed by atoms with van der Waals surface area (Å²) in [5, 5.41) is 50.8. The smallest absolute Gasteiger partial charge is 0.108 e. The Bertz CT molecular complexity index is 145. The molecule has 6 nitrogen and oxygen atoms in total. The van der Waals surface area contributed by atoms with Crippen molar-refractivity contribution in [1.82, 2.24) is 0 Å². The molecule has 0 aromatic rings. The van der Waals surface area contributed by atoms with E-state index in [9.17, 15) is 0 Å². The van der Waals surface area contributed by atoms with Crippen LogP contribution in [0.5, 0.6) is 0 Å². The molecule has 0 fully saturated rings. The Kier molecular flexibility index (Phi) is 8.13. The topological polar surface area (TPSA) is 121 Å². The number of aliphatic hydroxyl groups is 6. The Hall–Kier alpha value is -0.240. The Labute approximate surface area is 89.4 Å². The van der Waals surface area contributed by atoms with Gasteiger partial charge in [0.15, 0.2) is 0 Å². The Balaban J connectivity index is 0. The predicted octanol–water partition coefficient (Wildman–Crippen LogP) is -2.17. The number of rotatable bonds is 4. The molecule has 94 valence electrons. The quantitative estimate of drug-likeness (QED) is 0.324. The minimum atomic E-state index is -1.31. The van der Waals surface area contributed by atoms with Crippen LogP contribution in [0.25, 0.3) is 0 Å². The van der Waals surface area contributed by atoms with Crippen molar-refractivity contribution in [2.45, 2.75) is 38.1 Å². The van der Waals surface area contributed by atoms with Crippen LogP contribution in [-0.2, 0) is 0 Å². The summed E-state index contributed by atoms with van der Waals surface area (Å²) in [4.78, 5) is 0. The van der Waals surface area contributed by atoms with Crippen LogP contribution in [-0.4, -0.2) is 67.8 Å². The van der Waals surface area contributed by atoms with Gasteiger partial charge in [-0.1, -0.05) is 0 Å². The standard InChI is InChI=1S/C5H12O3.C4H10O3/c1-5(2,8)4(7)3-6;1-4(7,2-5)3-6/h4,6-8H,3H2,1-2H3;5-7H,2-3H2,1H3. The molecule has 1 unspecified atom stereocenters. The van der Waals surface area contributed by atoms with Gasteiger partial charge in [-0.05, 0) is 20.8 Å². The van der Waals surface area contributed by atoms with Gasteiger partial charge in [-0.25, -0.2) is 0 Å². The first-order valence-corrected chi connectivity index (χ1v) is 4.56. The van der Waals surface area contributed by atoms with Crippen LogP contribution in [0.1, 0.15) is 20.8 Å². The van der Waals surface area contributed by atoms with Gasteiger partial charge in [0.05, 0.1) is 25.4 Å². The van der Waals surface area contributed by atoms with Gasteiger partial charge in [-0.15, -0.1) is 0 Å². The van der Waals surface area contributed by atoms with Gasteiger partial charge < -0.3 is 30.6 Å². The van der Waals surface area contributed by atoms with Crippen LogP contribution >= 0.6 is 0 Å². The van der Waals surface area contributed by atoms with E-state index in [1.165, 1.54) is 20.8 Å². The first kappa shape index (κ1) is 17.2. The molecule has 0 spiro atoms. The monoisotopic (exact) mass is 226 g/mol. The van der Waals surface area contributed by atoms with E-state index in [4.69, 9.17) is 30.6 Å². The van der Waals surface area contributed by atoms with Crippen LogP contribution < -0.4 is 0 Å². The van der Waals surface area contributed by atoms with Crippen LogP contribution in [0.2, 0.25) is 0 Å². The molecule has 0 aliphatic carbocycles. The molecule has 1 atom stereocenters. The molecular weight excluding hydrogens is 204 g/mol. The molecular formula is C9H22O6. The van der Waals surface area contributed by atoms with Gasteiger partial charge in [0.25, 0.3) is 0 Å². The summed E-state index contributed by atoms with van der Waals surface area (Å²) in [5.74, 6) is 0. The molecule has 0 heterocycles. The molecule has 0 aromatic heterocycles. The predicted molar refractivity (Wildman–Crippen MR) is 54.2 cm³/mol. The minimum Gasteiger partial charge on any atom is -0.394 e. The van der Waals surface area contributed by atoms with E-state index in [-0.39, 0.29) is 0 Å². The van der Waals surface area contributed by atoms with E-state index in [1.807, 2.05) is 0 Å². The highest BCUT2D eigenvalue weighted by atomic mass is 16.4. The van der Waals surface area contributed by atoms with Gasteiger partial charge in [0.1, 0.15) is 11.7 Å². The molecule has 6 N–H and O–H groups in total. The van der Waals surface area contributed by atoms with Crippen LogP contribution in [0.4, 0.5) is 0 Å². The highest BCUT2D eigenvalue weighted by Crippen LogP contribution is 2.05. The summed E-state index contributed by atoms with van der Waals surface area (Å²) < 4.78 is 0. The molecule has 15 heavy (non-hydrogen) atoms. The van der Waals surface area contributed by atoms with Gasteiger partial charge in [0, 0.05) is 0 Å². The lowest BCUT2D eigenvalue weighted by molar-refractivity contribution is -0.0707. The fraction of sp³-hybridized carbons (Fsp3) is 1.00. The summed E-state index contributed by atoms with van der Waals surface area (Å²) in [7, 11) is 0. The van der Waals surface area contributed by atoms with Crippen molar-refractivity contribution in [3.05, 3.63) is 0 Å². The molecule has 6 heteroatoms. The zero-order valence-electron chi connectivity index (χ0n) is 9.38. The lowest BCUT2D eigenvalue weighted by Gasteiger charge is -2.21. The van der Waals surface area contributed by atoms with E-state index >= 15 is 0 Å². The van der Waals surface area contributed by atoms with Crippen molar-refractivity contribution in [3.8, 4) is 0 Å². The second kappa shape index (κ2) is 7.10. The molecule has 0 aliphatic heterocycles. The van der Waals surface area contributed by atoms with Crippen molar-refractivity contribution >= 4 is 0 Å². The molecule has 0 bridgehead atoms. The van der Waals surface area contributed by atoms with Crippen LogP contribution in [0, 0.1) is 0 Å². The fourth-order valence-corrected chi connectivity index (χ4v) is 0.273. The average Bonchev–Trinajstić information content (AvgIpc) is 2.16. The highest BCUT2D eigenvalue weighted by Gasteiger charge is 2.22. The van der Waals surface area contributed by atoms with Crippen molar-refractivity contribution in [2.75, 3.05) is 19.8 Å². The largest absolute Gasteiger partial charge is 0.394 e. The first-order chi connectivity index (χ1) is 6.60. The maximum absolute atomic E-state index is 8.88. The van der Waals surface area contributed by atoms with E-state index < -0.39 is 37.1 Å². The zero-order chi connectivity index (χ0) is 12.7. The van der Waals surface area contributed by atoms with E-state index in [1.54, 1.807) is 0 Å². The maximum Gasteiger partial charge on any atom is 0.108 e. The van der Waals surface area contributed by atoms with Gasteiger partial charge in [-0.2, -0.15) is 0 Å². The zero-order valence-corrected chi connectivity index (χ0v) is 9.38. The van der Waals surface area contributed by atoms with Gasteiger partial charge in [0.2, 0.25) is 0 Å². The molecule has 0 aromatic carbocycles. The molecule has 0 aliphatic rings. The average molecular weight is 226 g/mol. The van der Waals surface area contributed by atoms with Crippen molar-refractivity contribution in [2.24, 2.45) is 0 Å². The normalized spacial score (nSPS) is 14.2. The fourth-order valence-electron chi connectivity index (χ4n) is 0.273. The highest BCUT2D eigenvalue weighted by molar-refractivity contribution is 4.74. The Morgan fingerprint density at radius 1 is 0.933 bits per heavy atom. The second-order valence-corrected chi connectivity index (χ2v) is 4.17. The van der Waals surface area contributed by atoms with E-state index in [0.29, 0.717) is 0 Å². The molecule has 0 amide bonds. The SMILES string of the molecule is CC(C)(O)C(O)CO.CC(O)(CO)CO. The first-order valence-electron chi connectivity index (χ1n) is 4.56. The van der Waals surface area contributed by atoms with Crippen LogP contribution in [0.3, 0.4) is 0 Å². The molecule has 0 rings (SSSR count). The number of hydrogen-bond acceptors (Lipinski definition) is 6. The van der Waals surface area contributed by atoms with E-state index in [0.717, 1.165) is 0 Å². The second-order valence-electron chi connectivity index (χ2n) is 4.17. The summed E-state index contributed by atoms with van der Waals surface area (Å²) in [6.07, 6.45) is -1.04. The van der Waals surface area contributed by atoms with Crippen molar-refractivity contribution in [3.63, 3.8) is 0 Å². The van der Waals surface area contributed by atoms with Crippen LogP contribution in [0.15, 0.2) is 0 Å². The molecule has 0 saturated carbocycles. The number of aliphatic hydroxyl groups excluding tert-OH is 4. The minimum absolute atomic E-state index is 0.399. The summed E-state index contributed by atoms with van der Waals surface area (Å²) in [6.45, 7) is 3.03. The summed E-state index contributed by atoms with van der Waals surface area (Å²) in [6, 6.07) is 0. The van der Waals surface area contributed by atoms with Crippen molar-refractivity contribution < 1.29 is 30.6 Å². The van der Waals surface area contributed by atoms with Gasteiger partial charge in [-0.3, -0.25) is 0 Å². The lowest BCUT2D eigenvalue weighted by atomic mass is 10.0. The van der Waals surface area contributed by atoms with Crippen molar-refractivity contribution in [1.29, 1.82) is 0 Å². The molecule has 0 radical (unpaired) electrons. The third-order valence-electron chi connectivity index (χ3n) is 1.67. The Morgan fingerprint density at radius 2 is 1.27 bits per heavy atom. The number of hydrogen-bond donors (Lipinski definition) is 6. The summed E-state index contributed by atoms with van der Waals surface area (Å²) >= 11 is 0. The van der Waals surface area contributed by atoms with Gasteiger partial charge >= 0.3 is 0 Å². The van der Waals surface area contributed by atoms with E-state index in [2.05, 4.69) is 0 Å². The summed E-state index contributed by atoms with van der Waals surface area (Å²) in [5.41, 5.74) is -2.49. The third kappa shape index (κ3) is 10.1.